The average Bonchev–Trinajstić information content (AvgIpc) is 2.85. The highest BCUT2D eigenvalue weighted by molar-refractivity contribution is 8.02. The fourth-order valence-electron chi connectivity index (χ4n) is 3.74. The molecule has 1 atom stereocenters. The van der Waals surface area contributed by atoms with Crippen molar-refractivity contribution >= 4 is 17.6 Å². The molecule has 36 heavy (non-hydrogen) atoms. The molecule has 0 bridgehead atoms. The van der Waals surface area contributed by atoms with Crippen LogP contribution in [0.3, 0.4) is 0 Å². The van der Waals surface area contributed by atoms with Gasteiger partial charge in [-0.2, -0.15) is 0 Å². The van der Waals surface area contributed by atoms with E-state index in [9.17, 15) is 0 Å². The van der Waals surface area contributed by atoms with E-state index in [1.807, 2.05) is 30.2 Å². The molecule has 196 valence electrons. The highest BCUT2D eigenvalue weighted by atomic mass is 32.2. The molecule has 1 aliphatic heterocycles. The van der Waals surface area contributed by atoms with Gasteiger partial charge in [-0.15, -0.1) is 11.8 Å². The quantitative estimate of drug-likeness (QED) is 0.232. The van der Waals surface area contributed by atoms with Crippen LogP contribution in [0.25, 0.3) is 0 Å². The van der Waals surface area contributed by atoms with Gasteiger partial charge < -0.3 is 15.4 Å². The topological polar surface area (TPSA) is 46.2 Å². The molecule has 1 aliphatic rings. The second-order valence-corrected chi connectivity index (χ2v) is 10.7. The SMILES string of the molecule is CC(C)=CCCC(C)=CCCC(C)=CCCC(C)=CSCC(Nc1ncccc1C)C1=COC=CN1. The summed E-state index contributed by atoms with van der Waals surface area (Å²) in [6.45, 7) is 13.2. The van der Waals surface area contributed by atoms with Gasteiger partial charge in [0.25, 0.3) is 0 Å². The number of pyridine rings is 1. The molecule has 0 aromatic carbocycles. The van der Waals surface area contributed by atoms with Gasteiger partial charge in [-0.3, -0.25) is 0 Å². The fraction of sp³-hybridized carbons (Fsp3) is 0.452. The molecule has 0 saturated carbocycles. The molecule has 2 heterocycles. The van der Waals surface area contributed by atoms with Crippen molar-refractivity contribution in [2.24, 2.45) is 0 Å². The van der Waals surface area contributed by atoms with Crippen LogP contribution in [0.15, 0.2) is 88.7 Å². The first-order chi connectivity index (χ1) is 17.3. The molecule has 5 heteroatoms. The van der Waals surface area contributed by atoms with Gasteiger partial charge in [-0.1, -0.05) is 46.6 Å². The molecule has 0 spiro atoms. The Balaban J connectivity index is 1.77. The highest BCUT2D eigenvalue weighted by Crippen LogP contribution is 2.21. The van der Waals surface area contributed by atoms with Crippen LogP contribution in [0.1, 0.15) is 78.7 Å². The van der Waals surface area contributed by atoms with E-state index in [0.717, 1.165) is 54.9 Å². The van der Waals surface area contributed by atoms with Crippen molar-refractivity contribution in [2.75, 3.05) is 11.1 Å². The number of ether oxygens (including phenoxy) is 1. The predicted molar refractivity (Wildman–Crippen MR) is 159 cm³/mol. The summed E-state index contributed by atoms with van der Waals surface area (Å²) in [4.78, 5) is 4.50. The Morgan fingerprint density at radius 3 is 2.28 bits per heavy atom. The molecule has 0 fully saturated rings. The minimum absolute atomic E-state index is 0.0678. The zero-order valence-corrected chi connectivity index (χ0v) is 23.9. The summed E-state index contributed by atoms with van der Waals surface area (Å²) in [5, 5.41) is 9.16. The molecule has 0 saturated heterocycles. The van der Waals surface area contributed by atoms with Crippen LogP contribution in [-0.2, 0) is 4.74 Å². The van der Waals surface area contributed by atoms with E-state index in [1.165, 1.54) is 28.7 Å². The molecular formula is C31H45N3OS. The summed E-state index contributed by atoms with van der Waals surface area (Å²) in [6, 6.07) is 4.10. The summed E-state index contributed by atoms with van der Waals surface area (Å²) in [6.07, 6.45) is 21.0. The molecule has 1 aromatic rings. The largest absolute Gasteiger partial charge is 0.469 e. The first-order valence-corrected chi connectivity index (χ1v) is 14.1. The smallest absolute Gasteiger partial charge is 0.129 e. The maximum Gasteiger partial charge on any atom is 0.129 e. The third kappa shape index (κ3) is 12.3. The average molecular weight is 508 g/mol. The second-order valence-electron chi connectivity index (χ2n) is 9.82. The van der Waals surface area contributed by atoms with Crippen LogP contribution in [0.4, 0.5) is 5.82 Å². The molecule has 2 N–H and O–H groups in total. The standard InChI is InChI=1S/C31H45N3OS/c1-24(2)11-7-12-25(3)13-8-14-26(4)15-9-16-27(5)22-36-23-30(29-21-35-20-19-32-29)34-31-28(6)17-10-18-33-31/h10-11,13,15,17-22,30,32H,7-9,12,14,16,23H2,1-6H3,(H,33,34). The minimum atomic E-state index is 0.0678. The van der Waals surface area contributed by atoms with Crippen molar-refractivity contribution in [1.29, 1.82) is 0 Å². The van der Waals surface area contributed by atoms with Crippen molar-refractivity contribution in [3.8, 4) is 0 Å². The van der Waals surface area contributed by atoms with E-state index in [2.05, 4.69) is 86.9 Å². The highest BCUT2D eigenvalue weighted by Gasteiger charge is 2.17. The second kappa shape index (κ2) is 16.9. The number of allylic oxidation sites excluding steroid dienone is 7. The lowest BCUT2D eigenvalue weighted by Gasteiger charge is -2.23. The molecule has 0 amide bonds. The number of aryl methyl sites for hydroxylation is 1. The molecule has 0 aliphatic carbocycles. The van der Waals surface area contributed by atoms with E-state index in [4.69, 9.17) is 4.74 Å². The van der Waals surface area contributed by atoms with Crippen LogP contribution < -0.4 is 10.6 Å². The van der Waals surface area contributed by atoms with E-state index in [0.29, 0.717) is 0 Å². The molecule has 0 radical (unpaired) electrons. The number of thioether (sulfide) groups is 1. The molecule has 2 rings (SSSR count). The lowest BCUT2D eigenvalue weighted by molar-refractivity contribution is 0.379. The van der Waals surface area contributed by atoms with E-state index in [1.54, 1.807) is 12.5 Å². The van der Waals surface area contributed by atoms with Crippen LogP contribution >= 0.6 is 11.8 Å². The van der Waals surface area contributed by atoms with Crippen molar-refractivity contribution in [3.63, 3.8) is 0 Å². The molecular weight excluding hydrogens is 462 g/mol. The van der Waals surface area contributed by atoms with E-state index >= 15 is 0 Å². The summed E-state index contributed by atoms with van der Waals surface area (Å²) in [5.74, 6) is 1.77. The summed E-state index contributed by atoms with van der Waals surface area (Å²) >= 11 is 1.83. The Morgan fingerprint density at radius 1 is 1.00 bits per heavy atom. The van der Waals surface area contributed by atoms with Crippen LogP contribution in [-0.4, -0.2) is 16.8 Å². The van der Waals surface area contributed by atoms with Crippen molar-refractivity contribution in [3.05, 3.63) is 94.2 Å². The van der Waals surface area contributed by atoms with Crippen molar-refractivity contribution in [1.82, 2.24) is 10.3 Å². The third-order valence-corrected chi connectivity index (χ3v) is 7.08. The maximum atomic E-state index is 5.40. The Bertz CT molecular complexity index is 997. The zero-order chi connectivity index (χ0) is 26.2. The van der Waals surface area contributed by atoms with Crippen molar-refractivity contribution in [2.45, 2.75) is 86.1 Å². The van der Waals surface area contributed by atoms with Gasteiger partial charge >= 0.3 is 0 Å². The van der Waals surface area contributed by atoms with Gasteiger partial charge in [0.15, 0.2) is 0 Å². The van der Waals surface area contributed by atoms with E-state index in [-0.39, 0.29) is 6.04 Å². The summed E-state index contributed by atoms with van der Waals surface area (Å²) < 4.78 is 5.40. The normalized spacial score (nSPS) is 15.1. The first kappa shape index (κ1) is 29.6. The molecule has 4 nitrogen and oxygen atoms in total. The Kier molecular flexibility index (Phi) is 13.9. The third-order valence-electron chi connectivity index (χ3n) is 5.99. The Morgan fingerprint density at radius 2 is 1.67 bits per heavy atom. The minimum Gasteiger partial charge on any atom is -0.469 e. The number of nitrogens with zero attached hydrogens (tertiary/aromatic N) is 1. The van der Waals surface area contributed by atoms with Gasteiger partial charge in [0.1, 0.15) is 18.3 Å². The van der Waals surface area contributed by atoms with Gasteiger partial charge in [0.2, 0.25) is 0 Å². The van der Waals surface area contributed by atoms with Crippen molar-refractivity contribution < 1.29 is 4.74 Å². The number of rotatable bonds is 15. The predicted octanol–water partition coefficient (Wildman–Crippen LogP) is 8.94. The lowest BCUT2D eigenvalue weighted by atomic mass is 10.0. The summed E-state index contributed by atoms with van der Waals surface area (Å²) in [5.41, 5.74) is 7.94. The van der Waals surface area contributed by atoms with Gasteiger partial charge in [-0.05, 0) is 97.1 Å². The molecule has 1 unspecified atom stereocenters. The zero-order valence-electron chi connectivity index (χ0n) is 23.1. The number of nitrogens with one attached hydrogen (secondary N) is 2. The lowest BCUT2D eigenvalue weighted by Crippen LogP contribution is -2.32. The van der Waals surface area contributed by atoms with Gasteiger partial charge in [0, 0.05) is 18.1 Å². The van der Waals surface area contributed by atoms with Crippen LogP contribution in [0.5, 0.6) is 0 Å². The number of anilines is 1. The maximum absolute atomic E-state index is 5.40. The fourth-order valence-corrected chi connectivity index (χ4v) is 4.69. The number of hydrogen-bond acceptors (Lipinski definition) is 5. The number of hydrogen-bond donors (Lipinski definition) is 2. The summed E-state index contributed by atoms with van der Waals surface area (Å²) in [7, 11) is 0. The van der Waals surface area contributed by atoms with Gasteiger partial charge in [-0.25, -0.2) is 4.98 Å². The Hall–Kier alpha value is -2.66. The number of aromatic nitrogens is 1. The first-order valence-electron chi connectivity index (χ1n) is 13.0. The van der Waals surface area contributed by atoms with E-state index < -0.39 is 0 Å². The Labute approximate surface area is 223 Å². The van der Waals surface area contributed by atoms with Crippen LogP contribution in [0, 0.1) is 6.92 Å². The van der Waals surface area contributed by atoms with Gasteiger partial charge in [0.05, 0.1) is 11.7 Å². The molecule has 1 aromatic heterocycles. The monoisotopic (exact) mass is 507 g/mol. The van der Waals surface area contributed by atoms with Crippen LogP contribution in [0.2, 0.25) is 0 Å².